The number of carbonyl (C=O) groups is 2. The number of phenols is 2. The van der Waals surface area contributed by atoms with E-state index in [1.807, 2.05) is 0 Å². The van der Waals surface area contributed by atoms with Crippen LogP contribution in [0.3, 0.4) is 0 Å². The van der Waals surface area contributed by atoms with Crippen molar-refractivity contribution in [2.24, 2.45) is 11.7 Å². The molecule has 2 atom stereocenters. The van der Waals surface area contributed by atoms with E-state index in [-0.39, 0.29) is 30.4 Å². The first-order valence-electron chi connectivity index (χ1n) is 6.58. The molecule has 6 N–H and O–H groups in total. The minimum absolute atomic E-state index is 0.203. The summed E-state index contributed by atoms with van der Waals surface area (Å²) in [6, 6.07) is 3.42. The zero-order valence-electron chi connectivity index (χ0n) is 11.7. The molecule has 0 aliphatic rings. The standard InChI is InChI=1S/C14H20N2O5/c1-8(14(20)21)4-5-16-13(19)10(15)6-9-2-3-11(17)12(18)7-9/h2-3,7-8,10,17-18H,4-6,15H2,1H3,(H,16,19)(H,20,21)/t8?,10-/m0/s1. The molecule has 1 unspecified atom stereocenters. The highest BCUT2D eigenvalue weighted by Gasteiger charge is 2.16. The molecule has 0 saturated carbocycles. The first-order chi connectivity index (χ1) is 9.81. The molecule has 0 aromatic heterocycles. The molecule has 0 aliphatic heterocycles. The number of aliphatic carboxylic acids is 1. The fraction of sp³-hybridized carbons (Fsp3) is 0.429. The van der Waals surface area contributed by atoms with Crippen LogP contribution in [0.4, 0.5) is 0 Å². The molecule has 116 valence electrons. The largest absolute Gasteiger partial charge is 0.504 e. The molecule has 7 heteroatoms. The first kappa shape index (κ1) is 16.8. The highest BCUT2D eigenvalue weighted by atomic mass is 16.4. The van der Waals surface area contributed by atoms with Gasteiger partial charge in [-0.05, 0) is 30.5 Å². The summed E-state index contributed by atoms with van der Waals surface area (Å²) in [5, 5.41) is 29.8. The first-order valence-corrected chi connectivity index (χ1v) is 6.58. The number of phenolic OH excluding ortho intramolecular Hbond substituents is 2. The Morgan fingerprint density at radius 2 is 1.95 bits per heavy atom. The van der Waals surface area contributed by atoms with Gasteiger partial charge in [0.15, 0.2) is 11.5 Å². The second-order valence-electron chi connectivity index (χ2n) is 4.95. The average Bonchev–Trinajstić information content (AvgIpc) is 2.42. The molecule has 7 nitrogen and oxygen atoms in total. The molecule has 0 radical (unpaired) electrons. The number of rotatable bonds is 7. The predicted molar refractivity (Wildman–Crippen MR) is 75.9 cm³/mol. The maximum absolute atomic E-state index is 11.8. The van der Waals surface area contributed by atoms with Crippen molar-refractivity contribution in [1.82, 2.24) is 5.32 Å². The zero-order valence-corrected chi connectivity index (χ0v) is 11.7. The summed E-state index contributed by atoms with van der Waals surface area (Å²) >= 11 is 0. The molecule has 0 heterocycles. The molecule has 0 bridgehead atoms. The Hall–Kier alpha value is -2.28. The fourth-order valence-corrected chi connectivity index (χ4v) is 1.71. The van der Waals surface area contributed by atoms with E-state index >= 15 is 0 Å². The van der Waals surface area contributed by atoms with Gasteiger partial charge in [-0.25, -0.2) is 0 Å². The minimum Gasteiger partial charge on any atom is -0.504 e. The van der Waals surface area contributed by atoms with Crippen LogP contribution in [0.1, 0.15) is 18.9 Å². The molecule has 1 amide bonds. The van der Waals surface area contributed by atoms with Gasteiger partial charge in [-0.1, -0.05) is 13.0 Å². The monoisotopic (exact) mass is 296 g/mol. The SMILES string of the molecule is CC(CCNC(=O)[C@@H](N)Cc1ccc(O)c(O)c1)C(=O)O. The number of carbonyl (C=O) groups excluding carboxylic acids is 1. The van der Waals surface area contributed by atoms with Gasteiger partial charge in [-0.2, -0.15) is 0 Å². The van der Waals surface area contributed by atoms with E-state index in [1.54, 1.807) is 13.0 Å². The molecule has 0 spiro atoms. The number of amides is 1. The molecule has 1 aromatic rings. The Balaban J connectivity index is 2.43. The second-order valence-corrected chi connectivity index (χ2v) is 4.95. The van der Waals surface area contributed by atoms with Crippen LogP contribution in [-0.4, -0.2) is 39.8 Å². The van der Waals surface area contributed by atoms with E-state index in [2.05, 4.69) is 5.32 Å². The van der Waals surface area contributed by atoms with Crippen LogP contribution in [0.2, 0.25) is 0 Å². The smallest absolute Gasteiger partial charge is 0.306 e. The van der Waals surface area contributed by atoms with Crippen molar-refractivity contribution in [1.29, 1.82) is 0 Å². The van der Waals surface area contributed by atoms with Crippen LogP contribution in [0.5, 0.6) is 11.5 Å². The van der Waals surface area contributed by atoms with E-state index in [9.17, 15) is 19.8 Å². The van der Waals surface area contributed by atoms with Gasteiger partial charge in [-0.15, -0.1) is 0 Å². The summed E-state index contributed by atoms with van der Waals surface area (Å²) in [5.41, 5.74) is 6.36. The number of aromatic hydroxyl groups is 2. The molecule has 0 aliphatic carbocycles. The van der Waals surface area contributed by atoms with Gasteiger partial charge in [0.25, 0.3) is 0 Å². The number of hydrogen-bond donors (Lipinski definition) is 5. The van der Waals surface area contributed by atoms with Gasteiger partial charge in [0.05, 0.1) is 12.0 Å². The van der Waals surface area contributed by atoms with Gasteiger partial charge in [0.1, 0.15) is 0 Å². The molecular weight excluding hydrogens is 276 g/mol. The quantitative estimate of drug-likeness (QED) is 0.456. The fourth-order valence-electron chi connectivity index (χ4n) is 1.71. The number of nitrogens with two attached hydrogens (primary N) is 1. The maximum Gasteiger partial charge on any atom is 0.306 e. The topological polar surface area (TPSA) is 133 Å². The van der Waals surface area contributed by atoms with Crippen molar-refractivity contribution in [2.75, 3.05) is 6.54 Å². The van der Waals surface area contributed by atoms with Gasteiger partial charge >= 0.3 is 5.97 Å². The van der Waals surface area contributed by atoms with Crippen molar-refractivity contribution in [3.63, 3.8) is 0 Å². The number of benzene rings is 1. The Morgan fingerprint density at radius 3 is 2.52 bits per heavy atom. The molecule has 1 rings (SSSR count). The summed E-state index contributed by atoms with van der Waals surface area (Å²) < 4.78 is 0. The Kier molecular flexibility index (Phi) is 5.98. The van der Waals surface area contributed by atoms with Crippen molar-refractivity contribution >= 4 is 11.9 Å². The Bertz CT molecular complexity index is 518. The lowest BCUT2D eigenvalue weighted by Gasteiger charge is -2.13. The van der Waals surface area contributed by atoms with Crippen LogP contribution in [0, 0.1) is 5.92 Å². The number of carboxylic acid groups (broad SMARTS) is 1. The van der Waals surface area contributed by atoms with Gasteiger partial charge in [0, 0.05) is 6.54 Å². The van der Waals surface area contributed by atoms with Crippen LogP contribution < -0.4 is 11.1 Å². The number of hydrogen-bond acceptors (Lipinski definition) is 5. The van der Waals surface area contributed by atoms with E-state index < -0.39 is 17.9 Å². The highest BCUT2D eigenvalue weighted by molar-refractivity contribution is 5.81. The maximum atomic E-state index is 11.8. The highest BCUT2D eigenvalue weighted by Crippen LogP contribution is 2.25. The van der Waals surface area contributed by atoms with Gasteiger partial charge < -0.3 is 26.4 Å². The summed E-state index contributed by atoms with van der Waals surface area (Å²) in [6.07, 6.45) is 0.530. The average molecular weight is 296 g/mol. The van der Waals surface area contributed by atoms with Crippen molar-refractivity contribution in [2.45, 2.75) is 25.8 Å². The normalized spacial score (nSPS) is 13.4. The Labute approximate surface area is 122 Å². The van der Waals surface area contributed by atoms with E-state index in [4.69, 9.17) is 10.8 Å². The third-order valence-electron chi connectivity index (χ3n) is 3.13. The van der Waals surface area contributed by atoms with Gasteiger partial charge in [-0.3, -0.25) is 9.59 Å². The van der Waals surface area contributed by atoms with E-state index in [1.165, 1.54) is 12.1 Å². The Morgan fingerprint density at radius 1 is 1.29 bits per heavy atom. The van der Waals surface area contributed by atoms with Crippen molar-refractivity contribution in [3.05, 3.63) is 23.8 Å². The minimum atomic E-state index is -0.909. The summed E-state index contributed by atoms with van der Waals surface area (Å²) in [6.45, 7) is 1.80. The third kappa shape index (κ3) is 5.31. The van der Waals surface area contributed by atoms with Crippen molar-refractivity contribution < 1.29 is 24.9 Å². The lowest BCUT2D eigenvalue weighted by atomic mass is 10.0. The van der Waals surface area contributed by atoms with Crippen LogP contribution in [-0.2, 0) is 16.0 Å². The lowest BCUT2D eigenvalue weighted by Crippen LogP contribution is -2.42. The summed E-state index contributed by atoms with van der Waals surface area (Å²) in [5.74, 6) is -2.33. The molecular formula is C14H20N2O5. The van der Waals surface area contributed by atoms with E-state index in [0.717, 1.165) is 0 Å². The molecule has 21 heavy (non-hydrogen) atoms. The molecule has 0 fully saturated rings. The van der Waals surface area contributed by atoms with Crippen LogP contribution >= 0.6 is 0 Å². The molecule has 1 aromatic carbocycles. The number of nitrogens with one attached hydrogen (secondary N) is 1. The summed E-state index contributed by atoms with van der Waals surface area (Å²) in [7, 11) is 0. The van der Waals surface area contributed by atoms with Crippen molar-refractivity contribution in [3.8, 4) is 11.5 Å². The van der Waals surface area contributed by atoms with Gasteiger partial charge in [0.2, 0.25) is 5.91 Å². The van der Waals surface area contributed by atoms with Crippen LogP contribution in [0.25, 0.3) is 0 Å². The third-order valence-corrected chi connectivity index (χ3v) is 3.13. The summed E-state index contributed by atoms with van der Waals surface area (Å²) in [4.78, 5) is 22.4. The predicted octanol–water partition coefficient (Wildman–Crippen LogP) is 0.195. The lowest BCUT2D eigenvalue weighted by molar-refractivity contribution is -0.141. The van der Waals surface area contributed by atoms with Crippen LogP contribution in [0.15, 0.2) is 18.2 Å². The molecule has 0 saturated heterocycles. The zero-order chi connectivity index (χ0) is 16.0. The second kappa shape index (κ2) is 7.49. The van der Waals surface area contributed by atoms with E-state index in [0.29, 0.717) is 12.0 Å². The number of carboxylic acids is 1.